The first-order valence-corrected chi connectivity index (χ1v) is 11.2. The normalized spacial score (nSPS) is 14.7. The van der Waals surface area contributed by atoms with Crippen LogP contribution in [0.25, 0.3) is 0 Å². The molecule has 0 saturated heterocycles. The van der Waals surface area contributed by atoms with Crippen LogP contribution < -0.4 is 20.1 Å². The summed E-state index contributed by atoms with van der Waals surface area (Å²) in [5.74, 6) is 0.727. The summed E-state index contributed by atoms with van der Waals surface area (Å²) < 4.78 is 11.0. The molecule has 186 valence electrons. The molecule has 4 rings (SSSR count). The number of ether oxygens (including phenoxy) is 2. The van der Waals surface area contributed by atoms with E-state index >= 15 is 0 Å². The standard InChI is InChI=1S/C26H27N5O5/c1-15-9-18-10-22(35-3)23(36-4)12-21(18)24(30-31(15)26(34)27-2)16-5-7-17(8-6-16)25(33)29-19-11-20(32)14-28-13-19/h5-8,10-15,32H,9H2,1-4H3,(H,27,34)(H,29,33)/t15-/m1/s1. The summed E-state index contributed by atoms with van der Waals surface area (Å²) in [6, 6.07) is 11.5. The van der Waals surface area contributed by atoms with Crippen LogP contribution in [0.3, 0.4) is 0 Å². The fourth-order valence-corrected chi connectivity index (χ4v) is 4.03. The number of aromatic nitrogens is 1. The molecule has 0 aliphatic carbocycles. The topological polar surface area (TPSA) is 125 Å². The highest BCUT2D eigenvalue weighted by molar-refractivity contribution is 6.15. The van der Waals surface area contributed by atoms with E-state index in [1.165, 1.54) is 23.5 Å². The average Bonchev–Trinajstić information content (AvgIpc) is 3.02. The number of hydrogen-bond donors (Lipinski definition) is 3. The Morgan fingerprint density at radius 1 is 1.06 bits per heavy atom. The summed E-state index contributed by atoms with van der Waals surface area (Å²) in [4.78, 5) is 29.2. The number of hydrogen-bond acceptors (Lipinski definition) is 7. The van der Waals surface area contributed by atoms with Gasteiger partial charge in [-0.1, -0.05) is 12.1 Å². The molecule has 2 aromatic carbocycles. The predicted octanol–water partition coefficient (Wildman–Crippen LogP) is 3.40. The van der Waals surface area contributed by atoms with Crippen molar-refractivity contribution in [2.45, 2.75) is 19.4 Å². The Hall–Kier alpha value is -4.60. The maximum atomic E-state index is 12.7. The van der Waals surface area contributed by atoms with Crippen LogP contribution in [-0.4, -0.2) is 60.1 Å². The van der Waals surface area contributed by atoms with Gasteiger partial charge in [-0.15, -0.1) is 0 Å². The maximum Gasteiger partial charge on any atom is 0.337 e. The van der Waals surface area contributed by atoms with Crippen molar-refractivity contribution in [3.63, 3.8) is 0 Å². The van der Waals surface area contributed by atoms with Gasteiger partial charge in [0.05, 0.1) is 44.1 Å². The monoisotopic (exact) mass is 489 g/mol. The van der Waals surface area contributed by atoms with Crippen molar-refractivity contribution in [1.82, 2.24) is 15.3 Å². The first-order chi connectivity index (χ1) is 17.3. The largest absolute Gasteiger partial charge is 0.506 e. The number of carbonyl (C=O) groups is 2. The van der Waals surface area contributed by atoms with Crippen molar-refractivity contribution < 1.29 is 24.2 Å². The van der Waals surface area contributed by atoms with Crippen LogP contribution in [-0.2, 0) is 6.42 Å². The minimum atomic E-state index is -0.357. The number of aromatic hydroxyl groups is 1. The zero-order valence-corrected chi connectivity index (χ0v) is 20.4. The molecule has 2 heterocycles. The van der Waals surface area contributed by atoms with Crippen molar-refractivity contribution in [1.29, 1.82) is 0 Å². The molecule has 1 atom stereocenters. The third kappa shape index (κ3) is 4.92. The molecule has 0 bridgehead atoms. The summed E-state index contributed by atoms with van der Waals surface area (Å²) in [6.07, 6.45) is 3.28. The Morgan fingerprint density at radius 2 is 1.75 bits per heavy atom. The van der Waals surface area contributed by atoms with Gasteiger partial charge in [0.1, 0.15) is 5.75 Å². The fourth-order valence-electron chi connectivity index (χ4n) is 4.03. The number of nitrogens with one attached hydrogen (secondary N) is 2. The van der Waals surface area contributed by atoms with E-state index < -0.39 is 0 Å². The van der Waals surface area contributed by atoms with Crippen LogP contribution in [0.2, 0.25) is 0 Å². The van der Waals surface area contributed by atoms with Gasteiger partial charge in [-0.05, 0) is 43.2 Å². The number of pyridine rings is 1. The smallest absolute Gasteiger partial charge is 0.337 e. The number of rotatable bonds is 5. The van der Waals surface area contributed by atoms with Crippen molar-refractivity contribution in [2.75, 3.05) is 26.6 Å². The molecule has 3 aromatic rings. The van der Waals surface area contributed by atoms with E-state index in [0.717, 1.165) is 11.1 Å². The van der Waals surface area contributed by atoms with Gasteiger partial charge in [-0.25, -0.2) is 9.80 Å². The zero-order valence-electron chi connectivity index (χ0n) is 20.4. The summed E-state index contributed by atoms with van der Waals surface area (Å²) in [7, 11) is 4.70. The second kappa shape index (κ2) is 10.3. The molecule has 1 aromatic heterocycles. The summed E-state index contributed by atoms with van der Waals surface area (Å²) in [6.45, 7) is 1.92. The molecular weight excluding hydrogens is 462 g/mol. The minimum absolute atomic E-state index is 0.0462. The second-order valence-electron chi connectivity index (χ2n) is 8.23. The van der Waals surface area contributed by atoms with Crippen molar-refractivity contribution in [2.24, 2.45) is 5.10 Å². The number of carbonyl (C=O) groups excluding carboxylic acids is 2. The van der Waals surface area contributed by atoms with Gasteiger partial charge >= 0.3 is 6.03 Å². The maximum absolute atomic E-state index is 12.7. The predicted molar refractivity (Wildman–Crippen MR) is 135 cm³/mol. The number of hydrazone groups is 1. The molecule has 1 aliphatic heterocycles. The van der Waals surface area contributed by atoms with Gasteiger partial charge in [0.2, 0.25) is 0 Å². The summed E-state index contributed by atoms with van der Waals surface area (Å²) in [5.41, 5.74) is 3.80. The van der Waals surface area contributed by atoms with Gasteiger partial charge in [-0.2, -0.15) is 5.10 Å². The summed E-state index contributed by atoms with van der Waals surface area (Å²) in [5, 5.41) is 21.1. The molecule has 10 nitrogen and oxygen atoms in total. The molecule has 10 heteroatoms. The lowest BCUT2D eigenvalue weighted by molar-refractivity contribution is 0.102. The van der Waals surface area contributed by atoms with Crippen LogP contribution >= 0.6 is 0 Å². The van der Waals surface area contributed by atoms with Crippen molar-refractivity contribution in [3.8, 4) is 17.2 Å². The van der Waals surface area contributed by atoms with Crippen LogP contribution in [0.15, 0.2) is 60.0 Å². The Balaban J connectivity index is 1.74. The summed E-state index contributed by atoms with van der Waals surface area (Å²) >= 11 is 0. The quantitative estimate of drug-likeness (QED) is 0.505. The number of nitrogens with zero attached hydrogens (tertiary/aromatic N) is 3. The van der Waals surface area contributed by atoms with E-state index in [0.29, 0.717) is 40.4 Å². The van der Waals surface area contributed by atoms with E-state index in [4.69, 9.17) is 14.6 Å². The second-order valence-corrected chi connectivity index (χ2v) is 8.23. The number of fused-ring (bicyclic) bond motifs is 1. The van der Waals surface area contributed by atoms with Crippen LogP contribution in [0.5, 0.6) is 17.2 Å². The number of anilines is 1. The van der Waals surface area contributed by atoms with Gasteiger partial charge in [0.15, 0.2) is 11.5 Å². The van der Waals surface area contributed by atoms with E-state index in [-0.39, 0.29) is 23.7 Å². The van der Waals surface area contributed by atoms with Gasteiger partial charge in [0.25, 0.3) is 5.91 Å². The Bertz CT molecular complexity index is 1320. The lowest BCUT2D eigenvalue weighted by Gasteiger charge is -2.22. The third-order valence-corrected chi connectivity index (χ3v) is 5.83. The lowest BCUT2D eigenvalue weighted by atomic mass is 9.93. The molecular formula is C26H27N5O5. The SMILES string of the molecule is CNC(=O)N1N=C(c2ccc(C(=O)Nc3cncc(O)c3)cc2)c2cc(OC)c(OC)cc2C[C@H]1C. The van der Waals surface area contributed by atoms with E-state index in [1.807, 2.05) is 19.1 Å². The Labute approximate surface area is 208 Å². The number of amides is 3. The molecule has 0 saturated carbocycles. The lowest BCUT2D eigenvalue weighted by Crippen LogP contribution is -2.41. The molecule has 3 N–H and O–H groups in total. The van der Waals surface area contributed by atoms with Crippen LogP contribution in [0.4, 0.5) is 10.5 Å². The molecule has 1 aliphatic rings. The van der Waals surface area contributed by atoms with Crippen molar-refractivity contribution in [3.05, 3.63) is 77.1 Å². The zero-order chi connectivity index (χ0) is 25.8. The van der Waals surface area contributed by atoms with Gasteiger partial charge in [0, 0.05) is 29.8 Å². The van der Waals surface area contributed by atoms with E-state index in [1.54, 1.807) is 45.5 Å². The molecule has 0 unspecified atom stereocenters. The molecule has 0 fully saturated rings. The Kier molecular flexibility index (Phi) is 7.05. The third-order valence-electron chi connectivity index (χ3n) is 5.83. The van der Waals surface area contributed by atoms with Crippen LogP contribution in [0.1, 0.15) is 34.0 Å². The van der Waals surface area contributed by atoms with Crippen molar-refractivity contribution >= 4 is 23.3 Å². The molecule has 0 spiro atoms. The molecule has 3 amide bonds. The fraction of sp³-hybridized carbons (Fsp3) is 0.231. The Morgan fingerprint density at radius 3 is 2.39 bits per heavy atom. The minimum Gasteiger partial charge on any atom is -0.506 e. The van der Waals surface area contributed by atoms with E-state index in [9.17, 15) is 14.7 Å². The van der Waals surface area contributed by atoms with E-state index in [2.05, 4.69) is 15.6 Å². The van der Waals surface area contributed by atoms with Gasteiger partial charge < -0.3 is 25.2 Å². The molecule has 36 heavy (non-hydrogen) atoms. The highest BCUT2D eigenvalue weighted by atomic mass is 16.5. The number of urea groups is 1. The average molecular weight is 490 g/mol. The highest BCUT2D eigenvalue weighted by Crippen LogP contribution is 2.34. The van der Waals surface area contributed by atoms with Crippen LogP contribution in [0, 0.1) is 0 Å². The first kappa shape index (κ1) is 24.5. The number of benzene rings is 2. The van der Waals surface area contributed by atoms with Gasteiger partial charge in [-0.3, -0.25) is 9.78 Å². The first-order valence-electron chi connectivity index (χ1n) is 11.2. The highest BCUT2D eigenvalue weighted by Gasteiger charge is 2.28. The number of methoxy groups -OCH3 is 2. The molecule has 0 radical (unpaired) electrons.